The van der Waals surface area contributed by atoms with Crippen LogP contribution in [0, 0.1) is 11.6 Å². The first-order chi connectivity index (χ1) is 9.56. The van der Waals surface area contributed by atoms with Crippen LogP contribution in [0.4, 0.5) is 8.78 Å². The molecular formula is C15H14F2N2O. The number of likely N-dealkylation sites (N-methyl/N-ethyl adjacent to an activating group) is 1. The maximum Gasteiger partial charge on any atom is 0.179 e. The third-order valence-corrected chi connectivity index (χ3v) is 2.82. The summed E-state index contributed by atoms with van der Waals surface area (Å²) in [5, 5.41) is 0. The molecule has 0 bridgehead atoms. The van der Waals surface area contributed by atoms with Crippen LogP contribution in [0.3, 0.4) is 0 Å². The number of pyridine rings is 1. The first-order valence-corrected chi connectivity index (χ1v) is 6.12. The molecule has 104 valence electrons. The summed E-state index contributed by atoms with van der Waals surface area (Å²) in [7, 11) is 1.76. The van der Waals surface area contributed by atoms with E-state index in [2.05, 4.69) is 4.98 Å². The van der Waals surface area contributed by atoms with E-state index in [0.717, 1.165) is 11.6 Å². The van der Waals surface area contributed by atoms with E-state index in [9.17, 15) is 13.6 Å². The van der Waals surface area contributed by atoms with Gasteiger partial charge in [-0.1, -0.05) is 6.07 Å². The lowest BCUT2D eigenvalue weighted by molar-refractivity contribution is 0.0939. The zero-order valence-electron chi connectivity index (χ0n) is 11.0. The van der Waals surface area contributed by atoms with Gasteiger partial charge in [0.15, 0.2) is 5.78 Å². The van der Waals surface area contributed by atoms with E-state index >= 15 is 0 Å². The lowest BCUT2D eigenvalue weighted by Crippen LogP contribution is -2.26. The number of benzene rings is 1. The predicted molar refractivity (Wildman–Crippen MR) is 71.3 cm³/mol. The van der Waals surface area contributed by atoms with Gasteiger partial charge in [-0.15, -0.1) is 0 Å². The van der Waals surface area contributed by atoms with Crippen molar-refractivity contribution in [3.05, 3.63) is 65.5 Å². The number of Topliss-reactive ketones (excluding diaryl/α,β-unsaturated/α-hetero) is 1. The number of hydrogen-bond donors (Lipinski definition) is 0. The van der Waals surface area contributed by atoms with Crippen molar-refractivity contribution >= 4 is 5.78 Å². The molecule has 0 atom stereocenters. The van der Waals surface area contributed by atoms with Crippen LogP contribution in [0.15, 0.2) is 42.7 Å². The summed E-state index contributed by atoms with van der Waals surface area (Å²) in [6.07, 6.45) is 3.38. The van der Waals surface area contributed by atoms with E-state index in [0.29, 0.717) is 12.6 Å². The molecule has 0 radical (unpaired) electrons. The fraction of sp³-hybridized carbons (Fsp3) is 0.200. The van der Waals surface area contributed by atoms with Crippen molar-refractivity contribution in [1.29, 1.82) is 0 Å². The first-order valence-electron chi connectivity index (χ1n) is 6.12. The molecule has 0 N–H and O–H groups in total. The van der Waals surface area contributed by atoms with E-state index in [1.54, 1.807) is 24.3 Å². The molecule has 2 rings (SSSR count). The second-order valence-corrected chi connectivity index (χ2v) is 4.58. The van der Waals surface area contributed by atoms with Crippen LogP contribution in [0.5, 0.6) is 0 Å². The average Bonchev–Trinajstić information content (AvgIpc) is 2.39. The molecule has 0 amide bonds. The van der Waals surface area contributed by atoms with Gasteiger partial charge in [0.2, 0.25) is 0 Å². The Morgan fingerprint density at radius 2 is 2.10 bits per heavy atom. The molecule has 3 nitrogen and oxygen atoms in total. The van der Waals surface area contributed by atoms with Crippen LogP contribution < -0.4 is 0 Å². The van der Waals surface area contributed by atoms with Gasteiger partial charge < -0.3 is 0 Å². The third-order valence-electron chi connectivity index (χ3n) is 2.82. The number of nitrogens with zero attached hydrogens (tertiary/aromatic N) is 2. The molecule has 0 saturated heterocycles. The van der Waals surface area contributed by atoms with Crippen molar-refractivity contribution in [1.82, 2.24) is 9.88 Å². The average molecular weight is 276 g/mol. The molecule has 0 fully saturated rings. The van der Waals surface area contributed by atoms with E-state index in [1.165, 1.54) is 6.07 Å². The van der Waals surface area contributed by atoms with Crippen LogP contribution in [0.2, 0.25) is 0 Å². The van der Waals surface area contributed by atoms with Crippen LogP contribution in [0.25, 0.3) is 0 Å². The quantitative estimate of drug-likeness (QED) is 0.787. The summed E-state index contributed by atoms with van der Waals surface area (Å²) in [6.45, 7) is 0.583. The van der Waals surface area contributed by atoms with Crippen LogP contribution in [-0.2, 0) is 6.54 Å². The smallest absolute Gasteiger partial charge is 0.179 e. The lowest BCUT2D eigenvalue weighted by Gasteiger charge is -2.15. The number of carbonyl (C=O) groups is 1. The highest BCUT2D eigenvalue weighted by molar-refractivity contribution is 5.97. The number of carbonyl (C=O) groups excluding carboxylic acids is 1. The monoisotopic (exact) mass is 276 g/mol. The molecule has 0 saturated carbocycles. The van der Waals surface area contributed by atoms with Gasteiger partial charge in [0, 0.05) is 25.0 Å². The van der Waals surface area contributed by atoms with Crippen molar-refractivity contribution in [2.45, 2.75) is 6.54 Å². The molecule has 2 aromatic rings. The highest BCUT2D eigenvalue weighted by Crippen LogP contribution is 2.11. The molecular weight excluding hydrogens is 262 g/mol. The van der Waals surface area contributed by atoms with E-state index in [-0.39, 0.29) is 17.9 Å². The summed E-state index contributed by atoms with van der Waals surface area (Å²) in [4.78, 5) is 17.7. The van der Waals surface area contributed by atoms with Crippen LogP contribution in [-0.4, -0.2) is 29.3 Å². The topological polar surface area (TPSA) is 33.2 Å². The summed E-state index contributed by atoms with van der Waals surface area (Å²) in [6, 6.07) is 6.67. The van der Waals surface area contributed by atoms with E-state index < -0.39 is 11.6 Å². The fourth-order valence-corrected chi connectivity index (χ4v) is 1.91. The first kappa shape index (κ1) is 14.3. The van der Waals surface area contributed by atoms with Gasteiger partial charge in [-0.25, -0.2) is 8.78 Å². The fourth-order valence-electron chi connectivity index (χ4n) is 1.91. The van der Waals surface area contributed by atoms with Crippen molar-refractivity contribution < 1.29 is 13.6 Å². The largest absolute Gasteiger partial charge is 0.295 e. The van der Waals surface area contributed by atoms with Gasteiger partial charge in [-0.3, -0.25) is 14.7 Å². The van der Waals surface area contributed by atoms with Gasteiger partial charge in [0.05, 0.1) is 12.1 Å². The molecule has 5 heteroatoms. The minimum Gasteiger partial charge on any atom is -0.295 e. The van der Waals surface area contributed by atoms with Gasteiger partial charge in [0.1, 0.15) is 11.6 Å². The molecule has 0 spiro atoms. The molecule has 0 unspecified atom stereocenters. The van der Waals surface area contributed by atoms with Gasteiger partial charge in [0.25, 0.3) is 0 Å². The van der Waals surface area contributed by atoms with Crippen molar-refractivity contribution in [3.63, 3.8) is 0 Å². The number of aromatic nitrogens is 1. The van der Waals surface area contributed by atoms with E-state index in [1.807, 2.05) is 12.1 Å². The zero-order valence-corrected chi connectivity index (χ0v) is 11.0. The number of halogens is 2. The molecule has 1 heterocycles. The van der Waals surface area contributed by atoms with Crippen molar-refractivity contribution in [2.75, 3.05) is 13.6 Å². The Labute approximate surface area is 115 Å². The maximum absolute atomic E-state index is 13.5. The van der Waals surface area contributed by atoms with Gasteiger partial charge in [-0.05, 0) is 30.8 Å². The van der Waals surface area contributed by atoms with E-state index in [4.69, 9.17) is 0 Å². The second kappa shape index (κ2) is 6.34. The third kappa shape index (κ3) is 3.68. The van der Waals surface area contributed by atoms with Crippen molar-refractivity contribution in [3.8, 4) is 0 Å². The molecule has 0 aliphatic rings. The number of ketones is 1. The lowest BCUT2D eigenvalue weighted by atomic mass is 10.1. The summed E-state index contributed by atoms with van der Waals surface area (Å²) in [5.41, 5.74) is 0.867. The summed E-state index contributed by atoms with van der Waals surface area (Å²) in [5.74, 6) is -1.90. The molecule has 1 aromatic carbocycles. The minimum absolute atomic E-state index is 0.0530. The Bertz CT molecular complexity index is 602. The standard InChI is InChI=1S/C15H14F2N2O/c1-19(9-11-3-2-6-18-8-11)10-15(20)13-5-4-12(16)7-14(13)17/h2-8H,9-10H2,1H3. The Morgan fingerprint density at radius 1 is 1.30 bits per heavy atom. The van der Waals surface area contributed by atoms with Crippen LogP contribution in [0.1, 0.15) is 15.9 Å². The molecule has 0 aliphatic heterocycles. The highest BCUT2D eigenvalue weighted by atomic mass is 19.1. The Kier molecular flexibility index (Phi) is 4.53. The van der Waals surface area contributed by atoms with Gasteiger partial charge >= 0.3 is 0 Å². The Morgan fingerprint density at radius 3 is 2.75 bits per heavy atom. The zero-order chi connectivity index (χ0) is 14.5. The molecule has 0 aliphatic carbocycles. The number of rotatable bonds is 5. The highest BCUT2D eigenvalue weighted by Gasteiger charge is 2.14. The van der Waals surface area contributed by atoms with Gasteiger partial charge in [-0.2, -0.15) is 0 Å². The molecule has 20 heavy (non-hydrogen) atoms. The van der Waals surface area contributed by atoms with Crippen LogP contribution >= 0.6 is 0 Å². The molecule has 1 aromatic heterocycles. The number of hydrogen-bond acceptors (Lipinski definition) is 3. The normalized spacial score (nSPS) is 10.8. The SMILES string of the molecule is CN(CC(=O)c1ccc(F)cc1F)Cc1cccnc1. The Balaban J connectivity index is 2.00. The maximum atomic E-state index is 13.5. The summed E-state index contributed by atoms with van der Waals surface area (Å²) >= 11 is 0. The Hall–Kier alpha value is -2.14. The minimum atomic E-state index is -0.829. The predicted octanol–water partition coefficient (Wildman–Crippen LogP) is 2.67. The second-order valence-electron chi connectivity index (χ2n) is 4.58. The summed E-state index contributed by atoms with van der Waals surface area (Å²) < 4.78 is 26.3. The van der Waals surface area contributed by atoms with Crippen molar-refractivity contribution in [2.24, 2.45) is 0 Å².